The average Bonchev–Trinajstić information content (AvgIpc) is 2.29. The average molecular weight is 267 g/mol. The molecule has 1 saturated carbocycles. The van der Waals surface area contributed by atoms with Gasteiger partial charge >= 0.3 is 6.18 Å². The van der Waals surface area contributed by atoms with Crippen molar-refractivity contribution in [2.75, 3.05) is 13.2 Å². The minimum absolute atomic E-state index is 0.180. The van der Waals surface area contributed by atoms with E-state index >= 15 is 0 Å². The fraction of sp³-hybridized carbons (Fsp3) is 1.00. The molecule has 0 amide bonds. The van der Waals surface area contributed by atoms with Gasteiger partial charge < -0.3 is 10.5 Å². The van der Waals surface area contributed by atoms with E-state index in [2.05, 4.69) is 11.7 Å². The smallest absolute Gasteiger partial charge is 0.372 e. The van der Waals surface area contributed by atoms with Crippen LogP contribution in [0.15, 0.2) is 0 Å². The minimum atomic E-state index is -4.21. The number of alkyl halides is 3. The molecule has 0 radical (unpaired) electrons. The molecule has 1 fully saturated rings. The third-order valence-electron chi connectivity index (χ3n) is 3.86. The second kappa shape index (κ2) is 7.34. The first-order valence-electron chi connectivity index (χ1n) is 6.82. The van der Waals surface area contributed by atoms with E-state index in [0.29, 0.717) is 12.3 Å². The number of halogens is 3. The fourth-order valence-electron chi connectivity index (χ4n) is 2.72. The van der Waals surface area contributed by atoms with Crippen LogP contribution in [0.1, 0.15) is 45.4 Å². The van der Waals surface area contributed by atoms with Crippen LogP contribution in [0.3, 0.4) is 0 Å². The van der Waals surface area contributed by atoms with Gasteiger partial charge in [0.15, 0.2) is 0 Å². The third-order valence-corrected chi connectivity index (χ3v) is 3.86. The number of nitrogens with two attached hydrogens (primary N) is 1. The Kier molecular flexibility index (Phi) is 6.43. The summed E-state index contributed by atoms with van der Waals surface area (Å²) in [7, 11) is 0. The molecule has 3 atom stereocenters. The molecule has 3 unspecified atom stereocenters. The van der Waals surface area contributed by atoms with Gasteiger partial charge in [-0.2, -0.15) is 13.2 Å². The van der Waals surface area contributed by atoms with Crippen LogP contribution in [0, 0.1) is 11.8 Å². The van der Waals surface area contributed by atoms with Gasteiger partial charge in [0.2, 0.25) is 0 Å². The highest BCUT2D eigenvalue weighted by molar-refractivity contribution is 4.81. The molecular formula is C13H24F3NO. The van der Waals surface area contributed by atoms with Crippen molar-refractivity contribution in [1.29, 1.82) is 0 Å². The van der Waals surface area contributed by atoms with Gasteiger partial charge in [-0.05, 0) is 43.9 Å². The van der Waals surface area contributed by atoms with E-state index in [9.17, 15) is 13.2 Å². The summed E-state index contributed by atoms with van der Waals surface area (Å²) in [5, 5.41) is 0. The second-order valence-corrected chi connectivity index (χ2v) is 5.32. The van der Waals surface area contributed by atoms with E-state index in [1.165, 1.54) is 12.8 Å². The van der Waals surface area contributed by atoms with E-state index < -0.39 is 12.8 Å². The maximum Gasteiger partial charge on any atom is 0.411 e. The van der Waals surface area contributed by atoms with Crippen LogP contribution in [0.5, 0.6) is 0 Å². The summed E-state index contributed by atoms with van der Waals surface area (Å²) >= 11 is 0. The first kappa shape index (κ1) is 15.8. The Hall–Kier alpha value is -0.290. The molecule has 1 rings (SSSR count). The highest BCUT2D eigenvalue weighted by Crippen LogP contribution is 2.32. The monoisotopic (exact) mass is 267 g/mol. The molecule has 0 aromatic heterocycles. The minimum Gasteiger partial charge on any atom is -0.372 e. The summed E-state index contributed by atoms with van der Waals surface area (Å²) in [6.07, 6.45) is 1.88. The van der Waals surface area contributed by atoms with Gasteiger partial charge in [-0.15, -0.1) is 0 Å². The first-order chi connectivity index (χ1) is 8.42. The zero-order chi connectivity index (χ0) is 13.6. The Morgan fingerprint density at radius 3 is 2.61 bits per heavy atom. The molecule has 1 aliphatic carbocycles. The molecule has 0 bridgehead atoms. The lowest BCUT2D eigenvalue weighted by Gasteiger charge is -2.33. The molecule has 2 nitrogen and oxygen atoms in total. The summed E-state index contributed by atoms with van der Waals surface area (Å²) < 4.78 is 40.2. The van der Waals surface area contributed by atoms with E-state index in [1.54, 1.807) is 0 Å². The van der Waals surface area contributed by atoms with Crippen molar-refractivity contribution in [3.8, 4) is 0 Å². The van der Waals surface area contributed by atoms with E-state index in [4.69, 9.17) is 5.73 Å². The zero-order valence-corrected chi connectivity index (χ0v) is 11.0. The molecule has 0 aromatic carbocycles. The van der Waals surface area contributed by atoms with Gasteiger partial charge in [0.25, 0.3) is 0 Å². The Balaban J connectivity index is 2.13. The summed E-state index contributed by atoms with van der Waals surface area (Å²) in [5.74, 6) is 1.20. The standard InChI is InChI=1S/C13H24F3NO/c1-2-10-5-6-12(17)11(8-10)4-3-7-18-9-13(14,15)16/h10-12H,2-9,17H2,1H3. The van der Waals surface area contributed by atoms with Crippen LogP contribution in [0.25, 0.3) is 0 Å². The Labute approximate surface area is 107 Å². The summed E-state index contributed by atoms with van der Waals surface area (Å²) in [6.45, 7) is 1.23. The first-order valence-corrected chi connectivity index (χ1v) is 6.82. The maximum atomic E-state index is 11.9. The Bertz CT molecular complexity index is 233. The van der Waals surface area contributed by atoms with Crippen LogP contribution >= 0.6 is 0 Å². The van der Waals surface area contributed by atoms with Crippen LogP contribution in [-0.4, -0.2) is 25.4 Å². The van der Waals surface area contributed by atoms with Gasteiger partial charge in [0.1, 0.15) is 6.61 Å². The van der Waals surface area contributed by atoms with E-state index in [0.717, 1.165) is 25.2 Å². The molecule has 0 spiro atoms. The SMILES string of the molecule is CCC1CCC(N)C(CCCOCC(F)(F)F)C1. The normalized spacial score (nSPS) is 29.5. The quantitative estimate of drug-likeness (QED) is 0.748. The molecule has 0 aromatic rings. The molecule has 1 aliphatic rings. The van der Waals surface area contributed by atoms with E-state index in [1.807, 2.05) is 0 Å². The van der Waals surface area contributed by atoms with Gasteiger partial charge in [-0.3, -0.25) is 0 Å². The van der Waals surface area contributed by atoms with Crippen molar-refractivity contribution >= 4 is 0 Å². The third kappa shape index (κ3) is 6.05. The second-order valence-electron chi connectivity index (χ2n) is 5.32. The van der Waals surface area contributed by atoms with Gasteiger partial charge in [0, 0.05) is 12.6 Å². The summed E-state index contributed by atoms with van der Waals surface area (Å²) in [6, 6.07) is 0.218. The molecule has 0 aliphatic heterocycles. The molecule has 5 heteroatoms. The van der Waals surface area contributed by atoms with E-state index in [-0.39, 0.29) is 12.6 Å². The maximum absolute atomic E-state index is 11.9. The lowest BCUT2D eigenvalue weighted by atomic mass is 9.75. The highest BCUT2D eigenvalue weighted by Gasteiger charge is 2.28. The number of hydrogen-bond acceptors (Lipinski definition) is 2. The number of ether oxygens (including phenoxy) is 1. The fourth-order valence-corrected chi connectivity index (χ4v) is 2.72. The number of rotatable bonds is 6. The van der Waals surface area contributed by atoms with Crippen molar-refractivity contribution in [2.45, 2.75) is 57.7 Å². The van der Waals surface area contributed by atoms with Crippen molar-refractivity contribution < 1.29 is 17.9 Å². The highest BCUT2D eigenvalue weighted by atomic mass is 19.4. The van der Waals surface area contributed by atoms with Crippen molar-refractivity contribution in [3.05, 3.63) is 0 Å². The summed E-state index contributed by atoms with van der Waals surface area (Å²) in [5.41, 5.74) is 6.06. The van der Waals surface area contributed by atoms with Gasteiger partial charge in [-0.25, -0.2) is 0 Å². The predicted octanol–water partition coefficient (Wildman–Crippen LogP) is 3.50. The lowest BCUT2D eigenvalue weighted by molar-refractivity contribution is -0.174. The molecule has 108 valence electrons. The molecule has 2 N–H and O–H groups in total. The van der Waals surface area contributed by atoms with Gasteiger partial charge in [-0.1, -0.05) is 13.3 Å². The van der Waals surface area contributed by atoms with Crippen molar-refractivity contribution in [2.24, 2.45) is 17.6 Å². The lowest BCUT2D eigenvalue weighted by Crippen LogP contribution is -2.36. The van der Waals surface area contributed by atoms with Crippen molar-refractivity contribution in [3.63, 3.8) is 0 Å². The van der Waals surface area contributed by atoms with Crippen LogP contribution in [0.2, 0.25) is 0 Å². The zero-order valence-electron chi connectivity index (χ0n) is 11.0. The topological polar surface area (TPSA) is 35.2 Å². The Morgan fingerprint density at radius 1 is 1.28 bits per heavy atom. The molecule has 0 saturated heterocycles. The van der Waals surface area contributed by atoms with Crippen LogP contribution in [-0.2, 0) is 4.74 Å². The number of hydrogen-bond donors (Lipinski definition) is 1. The molecular weight excluding hydrogens is 243 g/mol. The predicted molar refractivity (Wildman–Crippen MR) is 65.2 cm³/mol. The Morgan fingerprint density at radius 2 is 2.00 bits per heavy atom. The summed E-state index contributed by atoms with van der Waals surface area (Å²) in [4.78, 5) is 0. The van der Waals surface area contributed by atoms with Crippen molar-refractivity contribution in [1.82, 2.24) is 0 Å². The molecule has 18 heavy (non-hydrogen) atoms. The van der Waals surface area contributed by atoms with Gasteiger partial charge in [0.05, 0.1) is 0 Å². The molecule has 0 heterocycles. The van der Waals surface area contributed by atoms with Crippen LogP contribution in [0.4, 0.5) is 13.2 Å². The van der Waals surface area contributed by atoms with Crippen LogP contribution < -0.4 is 5.73 Å². The largest absolute Gasteiger partial charge is 0.411 e.